The van der Waals surface area contributed by atoms with Crippen molar-refractivity contribution >= 4 is 28.8 Å². The van der Waals surface area contributed by atoms with Crippen LogP contribution in [0.4, 0.5) is 0 Å². The number of fused-ring (bicyclic) bond motifs is 1. The maximum atomic E-state index is 10.6. The number of benzene rings is 2. The van der Waals surface area contributed by atoms with Crippen LogP contribution in [0.25, 0.3) is 10.9 Å². The van der Waals surface area contributed by atoms with Crippen LogP contribution in [-0.4, -0.2) is 11.3 Å². The Kier molecular flexibility index (Phi) is 3.35. The fourth-order valence-electron chi connectivity index (χ4n) is 1.93. The number of halogens is 1. The topological polar surface area (TPSA) is 39.2 Å². The molecule has 0 saturated carbocycles. The van der Waals surface area contributed by atoms with E-state index < -0.39 is 0 Å². The molecule has 0 spiro atoms. The number of pyridine rings is 1. The van der Waals surface area contributed by atoms with Crippen molar-refractivity contribution in [2.24, 2.45) is 0 Å². The molecule has 1 aromatic heterocycles. The zero-order valence-electron chi connectivity index (χ0n) is 10.4. The minimum Gasteiger partial charge on any atom is -0.457 e. The Bertz CT molecular complexity index is 769. The van der Waals surface area contributed by atoms with Gasteiger partial charge in [0.2, 0.25) is 0 Å². The first-order valence-electron chi connectivity index (χ1n) is 6.03. The van der Waals surface area contributed by atoms with Gasteiger partial charge in [-0.05, 0) is 48.5 Å². The molecule has 0 aliphatic heterocycles. The van der Waals surface area contributed by atoms with E-state index in [0.717, 1.165) is 17.2 Å². The standard InChI is InChI=1S/C16H10ClNO2/c17-12-3-6-14-15(9-12)18-8-7-16(14)20-13-4-1-11(10-19)2-5-13/h1-10H. The fraction of sp³-hybridized carbons (Fsp3) is 0. The van der Waals surface area contributed by atoms with Gasteiger partial charge < -0.3 is 4.74 Å². The summed E-state index contributed by atoms with van der Waals surface area (Å²) < 4.78 is 5.83. The Morgan fingerprint density at radius 3 is 2.60 bits per heavy atom. The molecule has 3 rings (SSSR count). The van der Waals surface area contributed by atoms with E-state index in [9.17, 15) is 4.79 Å². The minimum absolute atomic E-state index is 0.615. The number of hydrogen-bond donors (Lipinski definition) is 0. The number of rotatable bonds is 3. The SMILES string of the molecule is O=Cc1ccc(Oc2ccnc3cc(Cl)ccc23)cc1. The van der Waals surface area contributed by atoms with Gasteiger partial charge in [0.25, 0.3) is 0 Å². The predicted molar refractivity (Wildman–Crippen MR) is 78.7 cm³/mol. The van der Waals surface area contributed by atoms with Crippen molar-refractivity contribution in [1.29, 1.82) is 0 Å². The molecule has 0 aliphatic carbocycles. The van der Waals surface area contributed by atoms with E-state index in [4.69, 9.17) is 16.3 Å². The van der Waals surface area contributed by atoms with E-state index in [2.05, 4.69) is 4.98 Å². The largest absolute Gasteiger partial charge is 0.457 e. The van der Waals surface area contributed by atoms with Gasteiger partial charge in [0.1, 0.15) is 17.8 Å². The van der Waals surface area contributed by atoms with Crippen molar-refractivity contribution in [1.82, 2.24) is 4.98 Å². The minimum atomic E-state index is 0.615. The molecule has 3 aromatic rings. The van der Waals surface area contributed by atoms with E-state index in [1.54, 1.807) is 48.7 Å². The summed E-state index contributed by atoms with van der Waals surface area (Å²) in [7, 11) is 0. The molecule has 0 unspecified atom stereocenters. The number of aldehydes is 1. The molecule has 0 aliphatic rings. The number of aromatic nitrogens is 1. The lowest BCUT2D eigenvalue weighted by molar-refractivity contribution is 0.112. The number of carbonyl (C=O) groups is 1. The summed E-state index contributed by atoms with van der Waals surface area (Å²) in [6.07, 6.45) is 2.47. The third-order valence-corrected chi connectivity index (χ3v) is 3.14. The summed E-state index contributed by atoms with van der Waals surface area (Å²) >= 11 is 5.95. The molecule has 0 amide bonds. The fourth-order valence-corrected chi connectivity index (χ4v) is 2.09. The second-order valence-electron chi connectivity index (χ2n) is 4.26. The number of ether oxygens (including phenoxy) is 1. The van der Waals surface area contributed by atoms with Gasteiger partial charge in [-0.15, -0.1) is 0 Å². The summed E-state index contributed by atoms with van der Waals surface area (Å²) in [5.74, 6) is 1.36. The van der Waals surface area contributed by atoms with Gasteiger partial charge in [0.05, 0.1) is 5.52 Å². The molecular weight excluding hydrogens is 274 g/mol. The highest BCUT2D eigenvalue weighted by atomic mass is 35.5. The summed E-state index contributed by atoms with van der Waals surface area (Å²) in [5.41, 5.74) is 1.39. The van der Waals surface area contributed by atoms with Crippen LogP contribution >= 0.6 is 11.6 Å². The lowest BCUT2D eigenvalue weighted by atomic mass is 10.2. The zero-order valence-corrected chi connectivity index (χ0v) is 11.2. The average molecular weight is 284 g/mol. The van der Waals surface area contributed by atoms with Crippen LogP contribution in [0, 0.1) is 0 Å². The van der Waals surface area contributed by atoms with Crippen molar-refractivity contribution in [3.8, 4) is 11.5 Å². The zero-order chi connectivity index (χ0) is 13.9. The predicted octanol–water partition coefficient (Wildman–Crippen LogP) is 4.49. The third-order valence-electron chi connectivity index (χ3n) is 2.91. The Morgan fingerprint density at radius 1 is 1.05 bits per heavy atom. The highest BCUT2D eigenvalue weighted by molar-refractivity contribution is 6.31. The molecule has 1 heterocycles. The summed E-state index contributed by atoms with van der Waals surface area (Å²) in [4.78, 5) is 14.9. The van der Waals surface area contributed by atoms with Gasteiger partial charge >= 0.3 is 0 Å². The number of hydrogen-bond acceptors (Lipinski definition) is 3. The van der Waals surface area contributed by atoms with Crippen molar-refractivity contribution in [2.75, 3.05) is 0 Å². The van der Waals surface area contributed by atoms with Gasteiger partial charge in [-0.1, -0.05) is 11.6 Å². The summed E-state index contributed by atoms with van der Waals surface area (Å²) in [6, 6.07) is 14.2. The van der Waals surface area contributed by atoms with E-state index in [0.29, 0.717) is 22.1 Å². The molecule has 0 saturated heterocycles. The lowest BCUT2D eigenvalue weighted by Gasteiger charge is -2.08. The van der Waals surface area contributed by atoms with E-state index in [-0.39, 0.29) is 0 Å². The van der Waals surface area contributed by atoms with Crippen LogP contribution in [0.3, 0.4) is 0 Å². The van der Waals surface area contributed by atoms with Gasteiger partial charge in [0.15, 0.2) is 0 Å². The van der Waals surface area contributed by atoms with Crippen LogP contribution in [0.1, 0.15) is 10.4 Å². The normalized spacial score (nSPS) is 10.4. The quantitative estimate of drug-likeness (QED) is 0.665. The second-order valence-corrected chi connectivity index (χ2v) is 4.70. The second kappa shape index (κ2) is 5.31. The van der Waals surface area contributed by atoms with Gasteiger partial charge in [-0.3, -0.25) is 9.78 Å². The molecule has 0 radical (unpaired) electrons. The first kappa shape index (κ1) is 12.6. The van der Waals surface area contributed by atoms with Gasteiger partial charge in [0, 0.05) is 22.2 Å². The molecule has 3 nitrogen and oxygen atoms in total. The third kappa shape index (κ3) is 2.49. The number of carbonyl (C=O) groups excluding carboxylic acids is 1. The van der Waals surface area contributed by atoms with Crippen LogP contribution in [0.2, 0.25) is 5.02 Å². The van der Waals surface area contributed by atoms with Crippen LogP contribution in [-0.2, 0) is 0 Å². The molecule has 4 heteroatoms. The molecule has 98 valence electrons. The molecule has 0 bridgehead atoms. The smallest absolute Gasteiger partial charge is 0.150 e. The lowest BCUT2D eigenvalue weighted by Crippen LogP contribution is -1.88. The highest BCUT2D eigenvalue weighted by Crippen LogP contribution is 2.30. The van der Waals surface area contributed by atoms with E-state index >= 15 is 0 Å². The molecule has 0 atom stereocenters. The van der Waals surface area contributed by atoms with Crippen LogP contribution < -0.4 is 4.74 Å². The number of nitrogens with zero attached hydrogens (tertiary/aromatic N) is 1. The monoisotopic (exact) mass is 283 g/mol. The van der Waals surface area contributed by atoms with E-state index in [1.807, 2.05) is 6.07 Å². The maximum Gasteiger partial charge on any atom is 0.150 e. The first-order chi connectivity index (χ1) is 9.76. The van der Waals surface area contributed by atoms with Crippen molar-refractivity contribution in [3.05, 3.63) is 65.3 Å². The Labute approximate surface area is 120 Å². The Balaban J connectivity index is 1.99. The van der Waals surface area contributed by atoms with Gasteiger partial charge in [-0.2, -0.15) is 0 Å². The highest BCUT2D eigenvalue weighted by Gasteiger charge is 2.05. The molecule has 20 heavy (non-hydrogen) atoms. The summed E-state index contributed by atoms with van der Waals surface area (Å²) in [5, 5.41) is 1.52. The average Bonchev–Trinajstić information content (AvgIpc) is 2.48. The maximum absolute atomic E-state index is 10.6. The van der Waals surface area contributed by atoms with Crippen LogP contribution in [0.5, 0.6) is 11.5 Å². The van der Waals surface area contributed by atoms with E-state index in [1.165, 1.54) is 0 Å². The Hall–Kier alpha value is -2.39. The van der Waals surface area contributed by atoms with Crippen molar-refractivity contribution in [3.63, 3.8) is 0 Å². The summed E-state index contributed by atoms with van der Waals surface area (Å²) in [6.45, 7) is 0. The first-order valence-corrected chi connectivity index (χ1v) is 6.41. The molecular formula is C16H10ClNO2. The van der Waals surface area contributed by atoms with Crippen LogP contribution in [0.15, 0.2) is 54.7 Å². The van der Waals surface area contributed by atoms with Crippen molar-refractivity contribution in [2.45, 2.75) is 0 Å². The molecule has 0 N–H and O–H groups in total. The molecule has 0 fully saturated rings. The molecule has 2 aromatic carbocycles. The van der Waals surface area contributed by atoms with Gasteiger partial charge in [-0.25, -0.2) is 0 Å². The van der Waals surface area contributed by atoms with Crippen molar-refractivity contribution < 1.29 is 9.53 Å². The Morgan fingerprint density at radius 2 is 1.85 bits per heavy atom.